The molecular formula is C17H19NO. The third kappa shape index (κ3) is 2.64. The van der Waals surface area contributed by atoms with Gasteiger partial charge in [0.1, 0.15) is 11.9 Å². The van der Waals surface area contributed by atoms with Crippen LogP contribution >= 0.6 is 0 Å². The minimum atomic E-state index is 0.0809. The molecule has 0 bridgehead atoms. The molecule has 2 N–H and O–H groups in total. The van der Waals surface area contributed by atoms with Gasteiger partial charge >= 0.3 is 0 Å². The molecule has 0 amide bonds. The Morgan fingerprint density at radius 3 is 2.74 bits per heavy atom. The van der Waals surface area contributed by atoms with Gasteiger partial charge in [0, 0.05) is 24.4 Å². The number of aryl methyl sites for hydroxylation is 1. The fraction of sp³-hybridized carbons (Fsp3) is 0.294. The van der Waals surface area contributed by atoms with Crippen LogP contribution in [0.1, 0.15) is 29.2 Å². The Labute approximate surface area is 114 Å². The lowest BCUT2D eigenvalue weighted by Crippen LogP contribution is -2.31. The van der Waals surface area contributed by atoms with E-state index < -0.39 is 0 Å². The van der Waals surface area contributed by atoms with Crippen molar-refractivity contribution in [1.29, 1.82) is 0 Å². The molecule has 2 heteroatoms. The largest absolute Gasteiger partial charge is 0.490 e. The van der Waals surface area contributed by atoms with Gasteiger partial charge in [0.05, 0.1) is 0 Å². The second kappa shape index (κ2) is 5.06. The first-order chi connectivity index (χ1) is 9.22. The van der Waals surface area contributed by atoms with Crippen LogP contribution < -0.4 is 10.5 Å². The maximum Gasteiger partial charge on any atom is 0.124 e. The van der Waals surface area contributed by atoms with Gasteiger partial charge in [0.2, 0.25) is 0 Å². The Kier molecular flexibility index (Phi) is 3.26. The van der Waals surface area contributed by atoms with E-state index in [1.807, 2.05) is 12.1 Å². The maximum absolute atomic E-state index is 6.28. The van der Waals surface area contributed by atoms with Gasteiger partial charge in [-0.25, -0.2) is 0 Å². The van der Waals surface area contributed by atoms with E-state index in [2.05, 4.69) is 43.3 Å². The topological polar surface area (TPSA) is 35.2 Å². The zero-order valence-electron chi connectivity index (χ0n) is 11.2. The summed E-state index contributed by atoms with van der Waals surface area (Å²) in [7, 11) is 0. The van der Waals surface area contributed by atoms with Crippen molar-refractivity contribution < 1.29 is 4.74 Å². The number of fused-ring (bicyclic) bond motifs is 1. The molecule has 0 spiro atoms. The molecule has 2 atom stereocenters. The lowest BCUT2D eigenvalue weighted by Gasteiger charge is -2.30. The normalized spacial score (nSPS) is 21.6. The molecule has 0 aromatic heterocycles. The minimum absolute atomic E-state index is 0.0809. The number of nitrogens with two attached hydrogens (primary N) is 1. The van der Waals surface area contributed by atoms with Gasteiger partial charge in [-0.05, 0) is 18.6 Å². The highest BCUT2D eigenvalue weighted by atomic mass is 16.5. The van der Waals surface area contributed by atoms with E-state index in [0.29, 0.717) is 0 Å². The van der Waals surface area contributed by atoms with E-state index in [1.165, 1.54) is 11.1 Å². The van der Waals surface area contributed by atoms with E-state index in [0.717, 1.165) is 24.2 Å². The van der Waals surface area contributed by atoms with Crippen molar-refractivity contribution in [3.63, 3.8) is 0 Å². The second-order valence-corrected chi connectivity index (χ2v) is 5.31. The van der Waals surface area contributed by atoms with Crippen LogP contribution in [0.15, 0.2) is 48.5 Å². The molecule has 1 heterocycles. The zero-order valence-corrected chi connectivity index (χ0v) is 11.2. The zero-order chi connectivity index (χ0) is 13.2. The van der Waals surface area contributed by atoms with Gasteiger partial charge in [-0.2, -0.15) is 0 Å². The Balaban J connectivity index is 1.80. The van der Waals surface area contributed by atoms with Crippen LogP contribution in [-0.2, 0) is 6.42 Å². The molecule has 19 heavy (non-hydrogen) atoms. The predicted octanol–water partition coefficient (Wildman–Crippen LogP) is 3.39. The van der Waals surface area contributed by atoms with E-state index in [4.69, 9.17) is 10.5 Å². The standard InChI is InChI=1S/C17H19NO/c1-12-7-8-17-15(9-12)16(18)11-14(19-17)10-13-5-3-2-4-6-13/h2-9,14,16H,10-11,18H2,1H3/t14?,16-/m1/s1. The van der Waals surface area contributed by atoms with Crippen LogP contribution in [0.3, 0.4) is 0 Å². The first-order valence-electron chi connectivity index (χ1n) is 6.79. The third-order valence-electron chi connectivity index (χ3n) is 3.68. The van der Waals surface area contributed by atoms with Gasteiger partial charge in [0.25, 0.3) is 0 Å². The van der Waals surface area contributed by atoms with Crippen molar-refractivity contribution in [2.45, 2.75) is 31.9 Å². The molecule has 1 unspecified atom stereocenters. The van der Waals surface area contributed by atoms with Crippen LogP contribution in [0.2, 0.25) is 0 Å². The molecule has 0 radical (unpaired) electrons. The molecule has 0 aliphatic carbocycles. The van der Waals surface area contributed by atoms with Crippen LogP contribution in [0.5, 0.6) is 5.75 Å². The van der Waals surface area contributed by atoms with Gasteiger partial charge in [-0.1, -0.05) is 48.0 Å². The Hall–Kier alpha value is -1.80. The average Bonchev–Trinajstić information content (AvgIpc) is 2.41. The summed E-state index contributed by atoms with van der Waals surface area (Å²) >= 11 is 0. The van der Waals surface area contributed by atoms with Crippen LogP contribution in [-0.4, -0.2) is 6.10 Å². The third-order valence-corrected chi connectivity index (χ3v) is 3.68. The summed E-state index contributed by atoms with van der Waals surface area (Å²) < 4.78 is 6.08. The highest BCUT2D eigenvalue weighted by Crippen LogP contribution is 2.34. The summed E-state index contributed by atoms with van der Waals surface area (Å²) in [6.45, 7) is 2.09. The van der Waals surface area contributed by atoms with Crippen molar-refractivity contribution in [3.05, 3.63) is 65.2 Å². The highest BCUT2D eigenvalue weighted by Gasteiger charge is 2.25. The van der Waals surface area contributed by atoms with Crippen molar-refractivity contribution in [2.75, 3.05) is 0 Å². The quantitative estimate of drug-likeness (QED) is 0.890. The number of benzene rings is 2. The van der Waals surface area contributed by atoms with E-state index in [1.54, 1.807) is 0 Å². The molecule has 1 aliphatic rings. The summed E-state index contributed by atoms with van der Waals surface area (Å²) in [6.07, 6.45) is 1.97. The van der Waals surface area contributed by atoms with Crippen LogP contribution in [0.4, 0.5) is 0 Å². The summed E-state index contributed by atoms with van der Waals surface area (Å²) in [5, 5.41) is 0. The molecule has 2 aromatic rings. The SMILES string of the molecule is Cc1ccc2c(c1)[C@H](N)CC(Cc1ccccc1)O2. The summed E-state index contributed by atoms with van der Waals surface area (Å²) in [4.78, 5) is 0. The number of hydrogen-bond acceptors (Lipinski definition) is 2. The first kappa shape index (κ1) is 12.2. The first-order valence-corrected chi connectivity index (χ1v) is 6.79. The highest BCUT2D eigenvalue weighted by molar-refractivity contribution is 5.40. The monoisotopic (exact) mass is 253 g/mol. The predicted molar refractivity (Wildman–Crippen MR) is 77.3 cm³/mol. The molecule has 2 aromatic carbocycles. The molecule has 0 fully saturated rings. The van der Waals surface area contributed by atoms with Crippen LogP contribution in [0.25, 0.3) is 0 Å². The summed E-state index contributed by atoms with van der Waals surface area (Å²) in [5.74, 6) is 0.949. The van der Waals surface area contributed by atoms with Crippen LogP contribution in [0, 0.1) is 6.92 Å². The van der Waals surface area contributed by atoms with Crippen molar-refractivity contribution >= 4 is 0 Å². The van der Waals surface area contributed by atoms with Crippen molar-refractivity contribution in [3.8, 4) is 5.75 Å². The van der Waals surface area contributed by atoms with E-state index >= 15 is 0 Å². The fourth-order valence-corrected chi connectivity index (χ4v) is 2.70. The minimum Gasteiger partial charge on any atom is -0.490 e. The number of rotatable bonds is 2. The van der Waals surface area contributed by atoms with Crippen molar-refractivity contribution in [2.24, 2.45) is 5.73 Å². The Morgan fingerprint density at radius 2 is 1.95 bits per heavy atom. The summed E-state index contributed by atoms with van der Waals surface area (Å²) in [6, 6.07) is 16.8. The Morgan fingerprint density at radius 1 is 1.16 bits per heavy atom. The smallest absolute Gasteiger partial charge is 0.124 e. The lowest BCUT2D eigenvalue weighted by molar-refractivity contribution is 0.159. The van der Waals surface area contributed by atoms with Gasteiger partial charge in [-0.15, -0.1) is 0 Å². The van der Waals surface area contributed by atoms with E-state index in [9.17, 15) is 0 Å². The maximum atomic E-state index is 6.28. The molecule has 98 valence electrons. The molecule has 0 saturated carbocycles. The molecular weight excluding hydrogens is 234 g/mol. The lowest BCUT2D eigenvalue weighted by atomic mass is 9.93. The Bertz CT molecular complexity index is 565. The fourth-order valence-electron chi connectivity index (χ4n) is 2.70. The van der Waals surface area contributed by atoms with Gasteiger partial charge < -0.3 is 10.5 Å². The molecule has 2 nitrogen and oxygen atoms in total. The average molecular weight is 253 g/mol. The molecule has 0 saturated heterocycles. The van der Waals surface area contributed by atoms with E-state index in [-0.39, 0.29) is 12.1 Å². The van der Waals surface area contributed by atoms with Gasteiger partial charge in [-0.3, -0.25) is 0 Å². The number of ether oxygens (including phenoxy) is 1. The molecule has 3 rings (SSSR count). The number of hydrogen-bond donors (Lipinski definition) is 1. The second-order valence-electron chi connectivity index (χ2n) is 5.31. The summed E-state index contributed by atoms with van der Waals surface area (Å²) in [5.41, 5.74) is 9.96. The van der Waals surface area contributed by atoms with Gasteiger partial charge in [0.15, 0.2) is 0 Å². The molecule has 1 aliphatic heterocycles. The van der Waals surface area contributed by atoms with Crippen molar-refractivity contribution in [1.82, 2.24) is 0 Å².